The predicted molar refractivity (Wildman–Crippen MR) is 81.5 cm³/mol. The molecule has 0 radical (unpaired) electrons. The van der Waals surface area contributed by atoms with Crippen molar-refractivity contribution in [3.8, 4) is 5.88 Å². The number of anilines is 1. The molecule has 1 aromatic rings. The molecule has 0 aromatic carbocycles. The van der Waals surface area contributed by atoms with Gasteiger partial charge in [-0.25, -0.2) is 9.78 Å². The van der Waals surface area contributed by atoms with Crippen LogP contribution in [0.4, 0.5) is 10.5 Å². The highest BCUT2D eigenvalue weighted by atomic mass is 16.5. The number of amides is 2. The standard InChI is InChI=1S/C16H23N3O2/c1-12(2)21-14-13(5-3-9-17-14)18-15(20)19-10-4-6-16(11-19)7-8-16/h3,5,9,12H,4,6-8,10-11H2,1-2H3,(H,18,20). The highest BCUT2D eigenvalue weighted by Gasteiger charge is 2.46. The first kappa shape index (κ1) is 14.2. The van der Waals surface area contributed by atoms with Gasteiger partial charge in [0, 0.05) is 19.3 Å². The summed E-state index contributed by atoms with van der Waals surface area (Å²) in [6.07, 6.45) is 6.62. The summed E-state index contributed by atoms with van der Waals surface area (Å²) >= 11 is 0. The molecule has 2 heterocycles. The summed E-state index contributed by atoms with van der Waals surface area (Å²) in [5, 5.41) is 2.95. The molecule has 2 amide bonds. The molecule has 114 valence electrons. The van der Waals surface area contributed by atoms with Crippen molar-refractivity contribution >= 4 is 11.7 Å². The van der Waals surface area contributed by atoms with Crippen molar-refractivity contribution in [2.24, 2.45) is 5.41 Å². The predicted octanol–water partition coefficient (Wildman–Crippen LogP) is 3.28. The number of nitrogens with zero attached hydrogens (tertiary/aromatic N) is 2. The van der Waals surface area contributed by atoms with E-state index in [1.165, 1.54) is 19.3 Å². The second-order valence-corrected chi connectivity index (χ2v) is 6.48. The van der Waals surface area contributed by atoms with Crippen LogP contribution in [0.3, 0.4) is 0 Å². The minimum absolute atomic E-state index is 0.0280. The number of aromatic nitrogens is 1. The van der Waals surface area contributed by atoms with E-state index in [4.69, 9.17) is 4.74 Å². The number of hydrogen-bond donors (Lipinski definition) is 1. The van der Waals surface area contributed by atoms with Gasteiger partial charge in [0.25, 0.3) is 0 Å². The lowest BCUT2D eigenvalue weighted by Gasteiger charge is -2.33. The molecule has 1 N–H and O–H groups in total. The van der Waals surface area contributed by atoms with Gasteiger partial charge in [-0.15, -0.1) is 0 Å². The van der Waals surface area contributed by atoms with E-state index in [1.807, 2.05) is 24.8 Å². The van der Waals surface area contributed by atoms with Crippen molar-refractivity contribution in [1.82, 2.24) is 9.88 Å². The fraction of sp³-hybridized carbons (Fsp3) is 0.625. The third-order valence-corrected chi connectivity index (χ3v) is 4.27. The summed E-state index contributed by atoms with van der Waals surface area (Å²) in [6, 6.07) is 3.60. The van der Waals surface area contributed by atoms with Crippen LogP contribution in [0.1, 0.15) is 39.5 Å². The summed E-state index contributed by atoms with van der Waals surface area (Å²) in [5.41, 5.74) is 1.08. The molecule has 1 saturated heterocycles. The number of pyridine rings is 1. The van der Waals surface area contributed by atoms with E-state index in [1.54, 1.807) is 12.3 Å². The summed E-state index contributed by atoms with van der Waals surface area (Å²) in [7, 11) is 0. The van der Waals surface area contributed by atoms with Gasteiger partial charge in [-0.1, -0.05) is 0 Å². The molecule has 0 unspecified atom stereocenters. The van der Waals surface area contributed by atoms with Crippen LogP contribution in [0.2, 0.25) is 0 Å². The number of piperidine rings is 1. The van der Waals surface area contributed by atoms with Gasteiger partial charge in [0.05, 0.1) is 6.10 Å². The molecule has 5 heteroatoms. The van der Waals surface area contributed by atoms with Crippen LogP contribution in [0, 0.1) is 5.41 Å². The highest BCUT2D eigenvalue weighted by Crippen LogP contribution is 2.52. The smallest absolute Gasteiger partial charge is 0.322 e. The maximum Gasteiger partial charge on any atom is 0.322 e. The maximum absolute atomic E-state index is 12.5. The lowest BCUT2D eigenvalue weighted by molar-refractivity contribution is 0.169. The monoisotopic (exact) mass is 289 g/mol. The molecular formula is C16H23N3O2. The van der Waals surface area contributed by atoms with E-state index in [2.05, 4.69) is 10.3 Å². The number of nitrogens with one attached hydrogen (secondary N) is 1. The Hall–Kier alpha value is -1.78. The molecule has 1 aliphatic carbocycles. The molecule has 0 atom stereocenters. The van der Waals surface area contributed by atoms with Crippen molar-refractivity contribution in [2.75, 3.05) is 18.4 Å². The first-order valence-electron chi connectivity index (χ1n) is 7.76. The fourth-order valence-corrected chi connectivity index (χ4v) is 2.96. The van der Waals surface area contributed by atoms with Crippen molar-refractivity contribution in [3.05, 3.63) is 18.3 Å². The van der Waals surface area contributed by atoms with Crippen LogP contribution in [0.15, 0.2) is 18.3 Å². The largest absolute Gasteiger partial charge is 0.473 e. The fourth-order valence-electron chi connectivity index (χ4n) is 2.96. The van der Waals surface area contributed by atoms with Crippen molar-refractivity contribution in [2.45, 2.75) is 45.6 Å². The van der Waals surface area contributed by atoms with Crippen molar-refractivity contribution in [3.63, 3.8) is 0 Å². The lowest BCUT2D eigenvalue weighted by Crippen LogP contribution is -2.43. The quantitative estimate of drug-likeness (QED) is 0.929. The van der Waals surface area contributed by atoms with Gasteiger partial charge in [0.2, 0.25) is 5.88 Å². The van der Waals surface area contributed by atoms with Crippen molar-refractivity contribution < 1.29 is 9.53 Å². The number of urea groups is 1. The van der Waals surface area contributed by atoms with E-state index in [0.717, 1.165) is 19.5 Å². The summed E-state index contributed by atoms with van der Waals surface area (Å²) in [5.74, 6) is 0.485. The Morgan fingerprint density at radius 3 is 2.95 bits per heavy atom. The molecule has 0 bridgehead atoms. The van der Waals surface area contributed by atoms with E-state index < -0.39 is 0 Å². The van der Waals surface area contributed by atoms with Gasteiger partial charge in [-0.2, -0.15) is 0 Å². The lowest BCUT2D eigenvalue weighted by atomic mass is 9.95. The first-order chi connectivity index (χ1) is 10.1. The van der Waals surface area contributed by atoms with Crippen LogP contribution in [0.25, 0.3) is 0 Å². The molecule has 3 rings (SSSR count). The molecule has 5 nitrogen and oxygen atoms in total. The molecule has 1 aromatic heterocycles. The molecule has 1 spiro atoms. The summed E-state index contributed by atoms with van der Waals surface area (Å²) in [6.45, 7) is 5.62. The number of rotatable bonds is 3. The maximum atomic E-state index is 12.5. The summed E-state index contributed by atoms with van der Waals surface area (Å²) in [4.78, 5) is 18.6. The minimum atomic E-state index is -0.0393. The van der Waals surface area contributed by atoms with Crippen LogP contribution in [-0.2, 0) is 0 Å². The Bertz CT molecular complexity index is 526. The highest BCUT2D eigenvalue weighted by molar-refractivity contribution is 5.90. The van der Waals surface area contributed by atoms with Gasteiger partial charge in [0.1, 0.15) is 5.69 Å². The number of hydrogen-bond acceptors (Lipinski definition) is 3. The van der Waals surface area contributed by atoms with Gasteiger partial charge >= 0.3 is 6.03 Å². The molecular weight excluding hydrogens is 266 g/mol. The Labute approximate surface area is 125 Å². The minimum Gasteiger partial charge on any atom is -0.473 e. The van der Waals surface area contributed by atoms with Gasteiger partial charge < -0.3 is 15.0 Å². The Morgan fingerprint density at radius 2 is 2.24 bits per heavy atom. The van der Waals surface area contributed by atoms with Crippen LogP contribution in [0.5, 0.6) is 5.88 Å². The van der Waals surface area contributed by atoms with E-state index >= 15 is 0 Å². The molecule has 2 fully saturated rings. The summed E-state index contributed by atoms with van der Waals surface area (Å²) < 4.78 is 5.64. The number of carbonyl (C=O) groups excluding carboxylic acids is 1. The topological polar surface area (TPSA) is 54.5 Å². The number of likely N-dealkylation sites (tertiary alicyclic amines) is 1. The SMILES string of the molecule is CC(C)Oc1ncccc1NC(=O)N1CCCC2(CC2)C1. The van der Waals surface area contributed by atoms with Crippen LogP contribution >= 0.6 is 0 Å². The Morgan fingerprint density at radius 1 is 1.43 bits per heavy atom. The molecule has 1 saturated carbocycles. The van der Waals surface area contributed by atoms with E-state index in [-0.39, 0.29) is 12.1 Å². The zero-order valence-corrected chi connectivity index (χ0v) is 12.8. The first-order valence-corrected chi connectivity index (χ1v) is 7.76. The third kappa shape index (κ3) is 3.28. The number of carbonyl (C=O) groups is 1. The zero-order chi connectivity index (χ0) is 14.9. The Balaban J connectivity index is 1.67. The third-order valence-electron chi connectivity index (χ3n) is 4.27. The average Bonchev–Trinajstić information content (AvgIpc) is 3.19. The normalized spacial score (nSPS) is 19.7. The van der Waals surface area contributed by atoms with E-state index in [9.17, 15) is 4.79 Å². The number of ether oxygens (including phenoxy) is 1. The van der Waals surface area contributed by atoms with Gasteiger partial charge in [0.15, 0.2) is 0 Å². The average molecular weight is 289 g/mol. The molecule has 1 aliphatic heterocycles. The van der Waals surface area contributed by atoms with E-state index in [0.29, 0.717) is 17.0 Å². The second kappa shape index (κ2) is 5.54. The van der Waals surface area contributed by atoms with Crippen LogP contribution in [-0.4, -0.2) is 35.1 Å². The zero-order valence-electron chi connectivity index (χ0n) is 12.8. The second-order valence-electron chi connectivity index (χ2n) is 6.48. The Kier molecular flexibility index (Phi) is 3.74. The molecule has 2 aliphatic rings. The van der Waals surface area contributed by atoms with Crippen LogP contribution < -0.4 is 10.1 Å². The van der Waals surface area contributed by atoms with Crippen molar-refractivity contribution in [1.29, 1.82) is 0 Å². The van der Waals surface area contributed by atoms with Gasteiger partial charge in [-0.05, 0) is 57.1 Å². The molecule has 21 heavy (non-hydrogen) atoms. The van der Waals surface area contributed by atoms with Gasteiger partial charge in [-0.3, -0.25) is 0 Å².